The Bertz CT molecular complexity index is 1070. The maximum Gasteiger partial charge on any atom is 0.255 e. The Morgan fingerprint density at radius 1 is 1.04 bits per heavy atom. The van der Waals surface area contributed by atoms with Gasteiger partial charge in [-0.05, 0) is 63.2 Å². The van der Waals surface area contributed by atoms with E-state index in [1.54, 1.807) is 38.1 Å². The standard InChI is InChI=1S/C20H20N2O5S/c1-13(23)14-7-9-16(10-8-14)21-18(24)15-5-4-6-17(11-15)22-19(25)20(2,3)12-28(22,26)27/h4-11H,12H2,1-3H3,(H,21,24). The molecule has 28 heavy (non-hydrogen) atoms. The third kappa shape index (κ3) is 3.68. The van der Waals surface area contributed by atoms with Crippen LogP contribution < -0.4 is 9.62 Å². The van der Waals surface area contributed by atoms with Crippen LogP contribution in [-0.2, 0) is 14.8 Å². The summed E-state index contributed by atoms with van der Waals surface area (Å²) in [6.45, 7) is 4.61. The first-order valence-electron chi connectivity index (χ1n) is 8.61. The highest BCUT2D eigenvalue weighted by atomic mass is 32.2. The lowest BCUT2D eigenvalue weighted by Gasteiger charge is -2.18. The third-order valence-electron chi connectivity index (χ3n) is 4.48. The van der Waals surface area contributed by atoms with Gasteiger partial charge < -0.3 is 5.32 Å². The summed E-state index contributed by atoms with van der Waals surface area (Å²) in [5.74, 6) is -1.34. The summed E-state index contributed by atoms with van der Waals surface area (Å²) >= 11 is 0. The van der Waals surface area contributed by atoms with Crippen molar-refractivity contribution in [3.63, 3.8) is 0 Å². The molecular weight excluding hydrogens is 380 g/mol. The fourth-order valence-electron chi connectivity index (χ4n) is 3.03. The minimum Gasteiger partial charge on any atom is -0.322 e. The first-order chi connectivity index (χ1) is 13.0. The lowest BCUT2D eigenvalue weighted by Crippen LogP contribution is -2.33. The van der Waals surface area contributed by atoms with E-state index < -0.39 is 27.3 Å². The number of hydrogen-bond donors (Lipinski definition) is 1. The lowest BCUT2D eigenvalue weighted by atomic mass is 9.95. The Morgan fingerprint density at radius 3 is 2.21 bits per heavy atom. The number of carbonyl (C=O) groups is 3. The zero-order valence-electron chi connectivity index (χ0n) is 15.7. The Labute approximate surface area is 163 Å². The van der Waals surface area contributed by atoms with Crippen molar-refractivity contribution in [3.8, 4) is 0 Å². The maximum absolute atomic E-state index is 12.5. The number of Topliss-reactive ketones (excluding diaryl/α,β-unsaturated/α-hetero) is 1. The first-order valence-corrected chi connectivity index (χ1v) is 10.2. The van der Waals surface area contributed by atoms with Crippen LogP contribution in [0.2, 0.25) is 0 Å². The van der Waals surface area contributed by atoms with E-state index in [1.807, 2.05) is 0 Å². The highest BCUT2D eigenvalue weighted by Gasteiger charge is 2.49. The topological polar surface area (TPSA) is 101 Å². The Kier molecular flexibility index (Phi) is 4.84. The van der Waals surface area contributed by atoms with Gasteiger partial charge in [-0.3, -0.25) is 14.4 Å². The predicted molar refractivity (Wildman–Crippen MR) is 106 cm³/mol. The van der Waals surface area contributed by atoms with Crippen LogP contribution in [0.5, 0.6) is 0 Å². The summed E-state index contributed by atoms with van der Waals surface area (Å²) in [6.07, 6.45) is 0. The molecule has 2 aromatic rings. The second-order valence-electron chi connectivity index (χ2n) is 7.35. The molecule has 8 heteroatoms. The Morgan fingerprint density at radius 2 is 1.68 bits per heavy atom. The molecule has 0 spiro atoms. The average molecular weight is 400 g/mol. The summed E-state index contributed by atoms with van der Waals surface area (Å²) < 4.78 is 25.6. The molecule has 1 aliphatic heterocycles. The molecule has 0 aromatic heterocycles. The Hall–Kier alpha value is -3.00. The molecule has 0 unspecified atom stereocenters. The van der Waals surface area contributed by atoms with Gasteiger partial charge in [0.2, 0.25) is 15.9 Å². The van der Waals surface area contributed by atoms with E-state index in [-0.39, 0.29) is 22.8 Å². The van der Waals surface area contributed by atoms with Crippen LogP contribution in [-0.4, -0.2) is 31.8 Å². The van der Waals surface area contributed by atoms with E-state index in [2.05, 4.69) is 5.32 Å². The molecule has 0 saturated carbocycles. The number of ketones is 1. The summed E-state index contributed by atoms with van der Waals surface area (Å²) in [5, 5.41) is 2.69. The number of nitrogens with one attached hydrogen (secondary N) is 1. The van der Waals surface area contributed by atoms with Gasteiger partial charge in [0.15, 0.2) is 5.78 Å². The lowest BCUT2D eigenvalue weighted by molar-refractivity contribution is -0.123. The molecule has 1 N–H and O–H groups in total. The third-order valence-corrected chi connectivity index (χ3v) is 6.50. The number of nitrogens with zero attached hydrogens (tertiary/aromatic N) is 1. The van der Waals surface area contributed by atoms with Crippen LogP contribution >= 0.6 is 0 Å². The van der Waals surface area contributed by atoms with Crippen molar-refractivity contribution in [3.05, 3.63) is 59.7 Å². The summed E-state index contributed by atoms with van der Waals surface area (Å²) in [4.78, 5) is 36.4. The number of carbonyl (C=O) groups excluding carboxylic acids is 3. The number of sulfonamides is 1. The second-order valence-corrected chi connectivity index (χ2v) is 9.17. The van der Waals surface area contributed by atoms with E-state index in [1.165, 1.54) is 31.2 Å². The van der Waals surface area contributed by atoms with Gasteiger partial charge >= 0.3 is 0 Å². The van der Waals surface area contributed by atoms with E-state index in [0.717, 1.165) is 4.31 Å². The number of amides is 2. The number of hydrogen-bond acceptors (Lipinski definition) is 5. The predicted octanol–water partition coefficient (Wildman–Crippen LogP) is 2.84. The average Bonchev–Trinajstić information content (AvgIpc) is 2.78. The van der Waals surface area contributed by atoms with Gasteiger partial charge in [-0.1, -0.05) is 6.07 Å². The van der Waals surface area contributed by atoms with Gasteiger partial charge in [-0.2, -0.15) is 0 Å². The van der Waals surface area contributed by atoms with Gasteiger partial charge in [-0.15, -0.1) is 0 Å². The van der Waals surface area contributed by atoms with Gasteiger partial charge in [-0.25, -0.2) is 12.7 Å². The van der Waals surface area contributed by atoms with Crippen molar-refractivity contribution in [1.29, 1.82) is 0 Å². The molecule has 1 saturated heterocycles. The largest absolute Gasteiger partial charge is 0.322 e. The van der Waals surface area contributed by atoms with Crippen molar-refractivity contribution in [2.75, 3.05) is 15.4 Å². The van der Waals surface area contributed by atoms with Crippen LogP contribution in [0.1, 0.15) is 41.5 Å². The van der Waals surface area contributed by atoms with Crippen molar-refractivity contribution in [2.45, 2.75) is 20.8 Å². The maximum atomic E-state index is 12.5. The van der Waals surface area contributed by atoms with Gasteiger partial charge in [0.1, 0.15) is 0 Å². The fraction of sp³-hybridized carbons (Fsp3) is 0.250. The van der Waals surface area contributed by atoms with Gasteiger partial charge in [0.25, 0.3) is 5.91 Å². The quantitative estimate of drug-likeness (QED) is 0.796. The molecule has 3 rings (SSSR count). The monoisotopic (exact) mass is 400 g/mol. The van der Waals surface area contributed by atoms with Crippen molar-refractivity contribution < 1.29 is 22.8 Å². The highest BCUT2D eigenvalue weighted by Crippen LogP contribution is 2.36. The fourth-order valence-corrected chi connectivity index (χ4v) is 5.13. The molecule has 1 fully saturated rings. The Balaban J connectivity index is 1.86. The molecule has 146 valence electrons. The molecule has 0 aliphatic carbocycles. The van der Waals surface area contributed by atoms with Crippen molar-refractivity contribution >= 4 is 39.0 Å². The van der Waals surface area contributed by atoms with E-state index >= 15 is 0 Å². The summed E-state index contributed by atoms with van der Waals surface area (Å²) in [6, 6.07) is 12.3. The van der Waals surface area contributed by atoms with Crippen molar-refractivity contribution in [2.24, 2.45) is 5.41 Å². The number of benzene rings is 2. The summed E-state index contributed by atoms with van der Waals surface area (Å²) in [5.41, 5.74) is 0.345. The normalized spacial score (nSPS) is 17.4. The molecule has 1 aliphatic rings. The SMILES string of the molecule is CC(=O)c1ccc(NC(=O)c2cccc(N3C(=O)C(C)(C)CS3(=O)=O)c2)cc1. The van der Waals surface area contributed by atoms with E-state index in [4.69, 9.17) is 0 Å². The van der Waals surface area contributed by atoms with Crippen LogP contribution in [0.15, 0.2) is 48.5 Å². The smallest absolute Gasteiger partial charge is 0.255 e. The van der Waals surface area contributed by atoms with Crippen molar-refractivity contribution in [1.82, 2.24) is 0 Å². The van der Waals surface area contributed by atoms with Crippen LogP contribution in [0.25, 0.3) is 0 Å². The molecule has 0 atom stereocenters. The molecule has 0 bridgehead atoms. The first kappa shape index (κ1) is 19.8. The second kappa shape index (κ2) is 6.87. The van der Waals surface area contributed by atoms with Crippen LogP contribution in [0, 0.1) is 5.41 Å². The minimum absolute atomic E-state index is 0.0787. The van der Waals surface area contributed by atoms with Crippen LogP contribution in [0.3, 0.4) is 0 Å². The zero-order valence-corrected chi connectivity index (χ0v) is 16.5. The van der Waals surface area contributed by atoms with Gasteiger partial charge in [0.05, 0.1) is 16.9 Å². The van der Waals surface area contributed by atoms with Crippen LogP contribution in [0.4, 0.5) is 11.4 Å². The van der Waals surface area contributed by atoms with E-state index in [9.17, 15) is 22.8 Å². The molecule has 0 radical (unpaired) electrons. The molecular formula is C20H20N2O5S. The minimum atomic E-state index is -3.79. The molecule has 7 nitrogen and oxygen atoms in total. The molecule has 2 aromatic carbocycles. The molecule has 2 amide bonds. The molecule has 1 heterocycles. The highest BCUT2D eigenvalue weighted by molar-refractivity contribution is 7.94. The summed E-state index contributed by atoms with van der Waals surface area (Å²) in [7, 11) is -3.79. The number of anilines is 2. The zero-order chi connectivity index (χ0) is 20.7. The number of rotatable bonds is 4. The van der Waals surface area contributed by atoms with E-state index in [0.29, 0.717) is 11.3 Å². The van der Waals surface area contributed by atoms with Gasteiger partial charge in [0, 0.05) is 16.8 Å².